The van der Waals surface area contributed by atoms with E-state index in [0.29, 0.717) is 34.9 Å². The molecule has 4 rings (SSSR count). The molecule has 7 nitrogen and oxygen atoms in total. The highest BCUT2D eigenvalue weighted by atomic mass is 32.2. The Kier molecular flexibility index (Phi) is 7.67. The highest BCUT2D eigenvalue weighted by molar-refractivity contribution is 7.99. The van der Waals surface area contributed by atoms with Gasteiger partial charge in [-0.15, -0.1) is 10.2 Å². The SMILES string of the molecule is CCCCOc1ccc([C@@H]2Oc3nc(SCC(C)C)nnc3-c3ccccc3N2C(C)=O)cc1. The number of hydrogen-bond donors (Lipinski definition) is 0. The molecule has 0 spiro atoms. The monoisotopic (exact) mass is 478 g/mol. The van der Waals surface area contributed by atoms with Crippen LogP contribution in [0.3, 0.4) is 0 Å². The summed E-state index contributed by atoms with van der Waals surface area (Å²) in [5.41, 5.74) is 2.81. The maximum atomic E-state index is 12.9. The highest BCUT2D eigenvalue weighted by Gasteiger charge is 2.34. The van der Waals surface area contributed by atoms with Crippen LogP contribution in [-0.4, -0.2) is 33.4 Å². The van der Waals surface area contributed by atoms with Crippen molar-refractivity contribution in [1.82, 2.24) is 15.2 Å². The maximum absolute atomic E-state index is 12.9. The van der Waals surface area contributed by atoms with Gasteiger partial charge in [0.1, 0.15) is 5.75 Å². The van der Waals surface area contributed by atoms with Crippen molar-refractivity contribution in [3.05, 3.63) is 54.1 Å². The predicted molar refractivity (Wildman–Crippen MR) is 134 cm³/mol. The third-order valence-electron chi connectivity index (χ3n) is 5.33. The second kappa shape index (κ2) is 10.9. The van der Waals surface area contributed by atoms with Crippen LogP contribution in [0.25, 0.3) is 11.3 Å². The van der Waals surface area contributed by atoms with Crippen molar-refractivity contribution in [1.29, 1.82) is 0 Å². The molecule has 0 saturated carbocycles. The van der Waals surface area contributed by atoms with Crippen molar-refractivity contribution in [2.24, 2.45) is 5.92 Å². The topological polar surface area (TPSA) is 77.4 Å². The van der Waals surface area contributed by atoms with Gasteiger partial charge in [-0.3, -0.25) is 9.69 Å². The fourth-order valence-corrected chi connectivity index (χ4v) is 4.36. The number of carbonyl (C=O) groups excluding carboxylic acids is 1. The summed E-state index contributed by atoms with van der Waals surface area (Å²) in [7, 11) is 0. The number of thioether (sulfide) groups is 1. The molecule has 0 N–H and O–H groups in total. The Morgan fingerprint density at radius 3 is 2.62 bits per heavy atom. The number of ether oxygens (including phenoxy) is 2. The summed E-state index contributed by atoms with van der Waals surface area (Å²) in [6, 6.07) is 15.3. The van der Waals surface area contributed by atoms with Gasteiger partial charge in [0.05, 0.1) is 12.3 Å². The van der Waals surface area contributed by atoms with E-state index in [4.69, 9.17) is 9.47 Å². The molecular weight excluding hydrogens is 448 g/mol. The first-order valence-electron chi connectivity index (χ1n) is 11.6. The van der Waals surface area contributed by atoms with Crippen molar-refractivity contribution in [3.63, 3.8) is 0 Å². The molecule has 1 atom stereocenters. The number of rotatable bonds is 8. The first-order valence-corrected chi connectivity index (χ1v) is 12.6. The van der Waals surface area contributed by atoms with Crippen LogP contribution < -0.4 is 14.4 Å². The molecule has 0 unspecified atom stereocenters. The standard InChI is InChI=1S/C26H30N4O3S/c1-5-6-15-32-20-13-11-19(12-14-20)25-30(18(4)31)22-10-8-7-9-21(22)23-24(33-25)27-26(29-28-23)34-16-17(2)3/h7-14,17,25H,5-6,15-16H2,1-4H3/t25-/m0/s1. The molecule has 34 heavy (non-hydrogen) atoms. The Hall–Kier alpha value is -3.13. The number of anilines is 1. The minimum atomic E-state index is -0.704. The van der Waals surface area contributed by atoms with E-state index in [1.807, 2.05) is 48.5 Å². The number of unbranched alkanes of at least 4 members (excludes halogenated alkanes) is 1. The van der Waals surface area contributed by atoms with Crippen LogP contribution in [0.4, 0.5) is 5.69 Å². The number of aromatic nitrogens is 3. The first-order chi connectivity index (χ1) is 16.5. The smallest absolute Gasteiger partial charge is 0.247 e. The van der Waals surface area contributed by atoms with Gasteiger partial charge in [0.15, 0.2) is 5.69 Å². The van der Waals surface area contributed by atoms with Crippen molar-refractivity contribution < 1.29 is 14.3 Å². The quantitative estimate of drug-likeness (QED) is 0.294. The lowest BCUT2D eigenvalue weighted by Gasteiger charge is -2.30. The third kappa shape index (κ3) is 5.33. The average molecular weight is 479 g/mol. The first kappa shape index (κ1) is 24.0. The van der Waals surface area contributed by atoms with E-state index < -0.39 is 6.23 Å². The van der Waals surface area contributed by atoms with Crippen LogP contribution in [0.5, 0.6) is 11.6 Å². The van der Waals surface area contributed by atoms with E-state index in [0.717, 1.165) is 35.5 Å². The van der Waals surface area contributed by atoms with E-state index in [-0.39, 0.29) is 5.91 Å². The van der Waals surface area contributed by atoms with E-state index in [2.05, 4.69) is 36.0 Å². The van der Waals surface area contributed by atoms with Crippen LogP contribution >= 0.6 is 11.8 Å². The Balaban J connectivity index is 1.75. The molecule has 178 valence electrons. The van der Waals surface area contributed by atoms with E-state index in [9.17, 15) is 4.79 Å². The van der Waals surface area contributed by atoms with Gasteiger partial charge in [-0.25, -0.2) is 0 Å². The Morgan fingerprint density at radius 1 is 1.15 bits per heavy atom. The van der Waals surface area contributed by atoms with Gasteiger partial charge in [0.2, 0.25) is 23.2 Å². The van der Waals surface area contributed by atoms with Crippen molar-refractivity contribution in [2.75, 3.05) is 17.3 Å². The molecule has 1 aliphatic rings. The molecule has 8 heteroatoms. The minimum Gasteiger partial charge on any atom is -0.494 e. The molecule has 0 bridgehead atoms. The lowest BCUT2D eigenvalue weighted by Crippen LogP contribution is -2.36. The molecule has 1 amide bonds. The summed E-state index contributed by atoms with van der Waals surface area (Å²) in [4.78, 5) is 19.2. The fraction of sp³-hybridized carbons (Fsp3) is 0.385. The van der Waals surface area contributed by atoms with Gasteiger partial charge in [-0.2, -0.15) is 4.98 Å². The Labute approximate surface area is 204 Å². The molecule has 2 aromatic carbocycles. The summed E-state index contributed by atoms with van der Waals surface area (Å²) in [5, 5.41) is 9.34. The van der Waals surface area contributed by atoms with Gasteiger partial charge in [0, 0.05) is 23.8 Å². The molecular formula is C26H30N4O3S. The van der Waals surface area contributed by atoms with Crippen LogP contribution in [0, 0.1) is 5.92 Å². The second-order valence-corrected chi connectivity index (χ2v) is 9.59. The van der Waals surface area contributed by atoms with Gasteiger partial charge < -0.3 is 9.47 Å². The molecule has 0 saturated heterocycles. The van der Waals surface area contributed by atoms with Crippen LogP contribution in [0.15, 0.2) is 53.7 Å². The summed E-state index contributed by atoms with van der Waals surface area (Å²) in [6.07, 6.45) is 1.38. The lowest BCUT2D eigenvalue weighted by atomic mass is 10.1. The highest BCUT2D eigenvalue weighted by Crippen LogP contribution is 2.43. The summed E-state index contributed by atoms with van der Waals surface area (Å²) < 4.78 is 12.2. The summed E-state index contributed by atoms with van der Waals surface area (Å²) in [5.74, 6) is 2.38. The number of para-hydroxylation sites is 1. The number of benzene rings is 2. The lowest BCUT2D eigenvalue weighted by molar-refractivity contribution is -0.118. The van der Waals surface area contributed by atoms with Gasteiger partial charge in [-0.05, 0) is 42.7 Å². The van der Waals surface area contributed by atoms with Gasteiger partial charge >= 0.3 is 0 Å². The molecule has 0 aliphatic carbocycles. The molecule has 0 fully saturated rings. The number of carbonyl (C=O) groups is 1. The van der Waals surface area contributed by atoms with Gasteiger partial charge in [0.25, 0.3) is 0 Å². The zero-order valence-electron chi connectivity index (χ0n) is 20.0. The number of fused-ring (bicyclic) bond motifs is 3. The summed E-state index contributed by atoms with van der Waals surface area (Å²) in [6.45, 7) is 8.64. The second-order valence-electron chi connectivity index (χ2n) is 8.60. The molecule has 1 aliphatic heterocycles. The zero-order valence-corrected chi connectivity index (χ0v) is 20.8. The number of amides is 1. The van der Waals surface area contributed by atoms with Crippen LogP contribution in [-0.2, 0) is 4.79 Å². The Morgan fingerprint density at radius 2 is 1.91 bits per heavy atom. The molecule has 2 heterocycles. The third-order valence-corrected chi connectivity index (χ3v) is 6.59. The summed E-state index contributed by atoms with van der Waals surface area (Å²) >= 11 is 1.54. The largest absolute Gasteiger partial charge is 0.494 e. The van der Waals surface area contributed by atoms with E-state index >= 15 is 0 Å². The molecule has 1 aromatic heterocycles. The normalized spacial score (nSPS) is 14.7. The van der Waals surface area contributed by atoms with Crippen molar-refractivity contribution in [3.8, 4) is 22.9 Å². The molecule has 3 aromatic rings. The van der Waals surface area contributed by atoms with Crippen molar-refractivity contribution >= 4 is 23.4 Å². The van der Waals surface area contributed by atoms with E-state index in [1.165, 1.54) is 6.92 Å². The molecule has 0 radical (unpaired) electrons. The van der Waals surface area contributed by atoms with Crippen LogP contribution in [0.1, 0.15) is 52.3 Å². The van der Waals surface area contributed by atoms with Gasteiger partial charge in [-0.1, -0.05) is 57.2 Å². The average Bonchev–Trinajstić information content (AvgIpc) is 2.97. The van der Waals surface area contributed by atoms with Crippen LogP contribution in [0.2, 0.25) is 0 Å². The van der Waals surface area contributed by atoms with Crippen molar-refractivity contribution in [2.45, 2.75) is 51.9 Å². The fourth-order valence-electron chi connectivity index (χ4n) is 3.63. The maximum Gasteiger partial charge on any atom is 0.247 e. The van der Waals surface area contributed by atoms with E-state index in [1.54, 1.807) is 16.7 Å². The zero-order chi connectivity index (χ0) is 24.1. The minimum absolute atomic E-state index is 0.143. The number of nitrogens with zero attached hydrogens (tertiary/aromatic N) is 4. The number of hydrogen-bond acceptors (Lipinski definition) is 7. The predicted octanol–water partition coefficient (Wildman–Crippen LogP) is 5.91. The Bertz CT molecular complexity index is 1140.